The second-order valence-corrected chi connectivity index (χ2v) is 17.0. The number of hydrogen-bond donors (Lipinski definition) is 4. The first-order valence-corrected chi connectivity index (χ1v) is 18.6. The van der Waals surface area contributed by atoms with Gasteiger partial charge < -0.3 is 34.8 Å². The Labute approximate surface area is 301 Å². The number of ether oxygens (including phenoxy) is 2. The minimum Gasteiger partial charge on any atom is -0.459 e. The van der Waals surface area contributed by atoms with Crippen LogP contribution in [0.5, 0.6) is 0 Å². The predicted molar refractivity (Wildman–Crippen MR) is 191 cm³/mol. The number of nitrogens with zero attached hydrogens (tertiary/aromatic N) is 2. The molecule has 0 spiro atoms. The highest BCUT2D eigenvalue weighted by Crippen LogP contribution is 2.63. The van der Waals surface area contributed by atoms with Crippen molar-refractivity contribution in [1.82, 2.24) is 0 Å². The Morgan fingerprint density at radius 3 is 1.82 bits per heavy atom. The maximum atomic E-state index is 11.8. The molecule has 2 saturated heterocycles. The molecule has 4 N–H and O–H groups in total. The van der Waals surface area contributed by atoms with Gasteiger partial charge in [0.1, 0.15) is 32.0 Å². The summed E-state index contributed by atoms with van der Waals surface area (Å²) in [5.41, 5.74) is 4.49. The quantitative estimate of drug-likeness (QED) is 0.0958. The van der Waals surface area contributed by atoms with Gasteiger partial charge in [0.25, 0.3) is 0 Å². The number of hydrogen-bond acceptors (Lipinski definition) is 11. The van der Waals surface area contributed by atoms with Gasteiger partial charge in [-0.05, 0) is 98.7 Å². The standard InChI is InChI=1S/C20H29NO5.C20H27NO4/c1-12-4-7-16-19(2,9-8-17(21-25)20(16,3)11-22)14(12)6-5-13-15(23)10-26-18(13)24;1-12-4-7-16-19(2,9-8-17-20(16,3)11-25-21-17)14(12)6-5-13-15(22)10-24-18(13)23/h5,14-16,22-23,25H,1,4,6-11H2,2-3H3;5,14-16,22H,1,4,6-11H2,2-3H3/b13-5+,21-17-;13-5+/t2*14-,15-,16+,19+,20+/m11/s1. The summed E-state index contributed by atoms with van der Waals surface area (Å²) in [6.07, 6.45) is 10.7. The molecule has 4 saturated carbocycles. The minimum atomic E-state index is -0.856. The van der Waals surface area contributed by atoms with Crippen molar-refractivity contribution in [2.24, 2.45) is 55.6 Å². The second-order valence-electron chi connectivity index (χ2n) is 17.0. The van der Waals surface area contributed by atoms with Gasteiger partial charge in [0, 0.05) is 10.8 Å². The first-order valence-electron chi connectivity index (χ1n) is 18.6. The lowest BCUT2D eigenvalue weighted by Gasteiger charge is -2.58. The number of carbonyl (C=O) groups excluding carboxylic acids is 2. The van der Waals surface area contributed by atoms with E-state index in [1.165, 1.54) is 11.3 Å². The number of esters is 2. The zero-order valence-electron chi connectivity index (χ0n) is 30.7. The van der Waals surface area contributed by atoms with Gasteiger partial charge in [0.15, 0.2) is 0 Å². The van der Waals surface area contributed by atoms with Crippen LogP contribution in [0.3, 0.4) is 0 Å². The Morgan fingerprint density at radius 2 is 1.33 bits per heavy atom. The Balaban J connectivity index is 0.000000176. The molecule has 0 amide bonds. The van der Waals surface area contributed by atoms with Crippen molar-refractivity contribution in [2.45, 2.75) is 104 Å². The molecule has 280 valence electrons. The van der Waals surface area contributed by atoms with Crippen LogP contribution in [-0.4, -0.2) is 82.5 Å². The number of oxime groups is 2. The van der Waals surface area contributed by atoms with Gasteiger partial charge in [-0.25, -0.2) is 9.59 Å². The number of carbonyl (C=O) groups is 2. The van der Waals surface area contributed by atoms with Gasteiger partial charge in [-0.2, -0.15) is 0 Å². The molecule has 10 atom stereocenters. The number of aliphatic hydroxyl groups is 3. The molecule has 0 aromatic carbocycles. The molecular formula is C40H56N2O9. The second kappa shape index (κ2) is 13.9. The summed E-state index contributed by atoms with van der Waals surface area (Å²) in [6, 6.07) is 0. The monoisotopic (exact) mass is 708 g/mol. The SMILES string of the molecule is C=C1CC[C@H]2[C@@](C)(CC/C(=N/O)[C@@]2(C)CO)[C@@H]1C/C=C1/C(=O)OC[C@H]1O.C=C1CC[C@H]2[C@@](C)(CCC3=NOC[C@]32C)[C@@H]1C/C=C1/C(=O)OC[C@H]1O. The normalized spacial score (nSPS) is 44.2. The van der Waals surface area contributed by atoms with Crippen molar-refractivity contribution in [3.05, 3.63) is 47.6 Å². The third kappa shape index (κ3) is 6.20. The van der Waals surface area contributed by atoms with Gasteiger partial charge in [0.05, 0.1) is 29.2 Å². The Hall–Kier alpha value is -3.28. The Morgan fingerprint density at radius 1 is 0.824 bits per heavy atom. The lowest BCUT2D eigenvalue weighted by molar-refractivity contribution is -0.136. The lowest BCUT2D eigenvalue weighted by Crippen LogP contribution is -2.55. The van der Waals surface area contributed by atoms with E-state index < -0.39 is 23.6 Å². The average Bonchev–Trinajstić information content (AvgIpc) is 3.75. The van der Waals surface area contributed by atoms with Crippen molar-refractivity contribution in [3.8, 4) is 0 Å². The molecule has 7 rings (SSSR count). The maximum Gasteiger partial charge on any atom is 0.336 e. The number of rotatable bonds is 5. The molecule has 0 aromatic rings. The number of allylic oxidation sites excluding steroid dienone is 4. The highest BCUT2D eigenvalue weighted by molar-refractivity contribution is 5.93. The van der Waals surface area contributed by atoms with Crippen LogP contribution >= 0.6 is 0 Å². The molecule has 0 unspecified atom stereocenters. The van der Waals surface area contributed by atoms with E-state index in [1.807, 2.05) is 13.0 Å². The molecule has 3 aliphatic heterocycles. The first-order chi connectivity index (χ1) is 24.1. The van der Waals surface area contributed by atoms with Crippen LogP contribution in [0.15, 0.2) is 57.9 Å². The van der Waals surface area contributed by atoms with E-state index in [2.05, 4.69) is 44.2 Å². The van der Waals surface area contributed by atoms with Crippen molar-refractivity contribution in [1.29, 1.82) is 0 Å². The number of aliphatic hydroxyl groups excluding tert-OH is 3. The van der Waals surface area contributed by atoms with Crippen LogP contribution in [0.25, 0.3) is 0 Å². The van der Waals surface area contributed by atoms with E-state index in [9.17, 15) is 30.1 Å². The lowest BCUT2D eigenvalue weighted by atomic mass is 9.46. The van der Waals surface area contributed by atoms with Crippen LogP contribution in [0, 0.1) is 45.3 Å². The zero-order valence-corrected chi connectivity index (χ0v) is 30.7. The summed E-state index contributed by atoms with van der Waals surface area (Å²) in [5, 5.41) is 47.2. The predicted octanol–water partition coefficient (Wildman–Crippen LogP) is 5.43. The topological polar surface area (TPSA) is 167 Å². The molecule has 6 fully saturated rings. The summed E-state index contributed by atoms with van der Waals surface area (Å²) in [6.45, 7) is 18.2. The molecular weight excluding hydrogens is 652 g/mol. The first kappa shape index (κ1) is 37.5. The fraction of sp³-hybridized carbons (Fsp3) is 0.700. The highest BCUT2D eigenvalue weighted by atomic mass is 16.6. The fourth-order valence-corrected chi connectivity index (χ4v) is 11.3. The molecule has 3 heterocycles. The van der Waals surface area contributed by atoms with Gasteiger partial charge in [-0.15, -0.1) is 0 Å². The van der Waals surface area contributed by atoms with Crippen molar-refractivity contribution < 1.29 is 44.4 Å². The third-order valence-corrected chi connectivity index (χ3v) is 14.4. The van der Waals surface area contributed by atoms with Crippen LogP contribution in [-0.2, 0) is 23.9 Å². The van der Waals surface area contributed by atoms with E-state index in [0.29, 0.717) is 48.1 Å². The largest absolute Gasteiger partial charge is 0.459 e. The highest BCUT2D eigenvalue weighted by Gasteiger charge is 2.59. The summed E-state index contributed by atoms with van der Waals surface area (Å²) < 4.78 is 9.84. The van der Waals surface area contributed by atoms with Gasteiger partial charge in [-0.3, -0.25) is 0 Å². The summed E-state index contributed by atoms with van der Waals surface area (Å²) in [5.74, 6) is 0.279. The van der Waals surface area contributed by atoms with Crippen LogP contribution in [0.2, 0.25) is 0 Å². The molecule has 7 aliphatic rings. The molecule has 11 nitrogen and oxygen atoms in total. The Bertz CT molecular complexity index is 1580. The maximum absolute atomic E-state index is 11.8. The minimum absolute atomic E-state index is 0.0187. The van der Waals surface area contributed by atoms with Gasteiger partial charge >= 0.3 is 11.9 Å². The molecule has 51 heavy (non-hydrogen) atoms. The molecule has 0 aromatic heterocycles. The molecule has 0 bridgehead atoms. The van der Waals surface area contributed by atoms with E-state index in [4.69, 9.17) is 14.3 Å². The van der Waals surface area contributed by atoms with Crippen molar-refractivity contribution >= 4 is 23.4 Å². The van der Waals surface area contributed by atoms with E-state index in [1.54, 1.807) is 6.08 Å². The van der Waals surface area contributed by atoms with Crippen LogP contribution < -0.4 is 0 Å². The van der Waals surface area contributed by atoms with Gasteiger partial charge in [0.2, 0.25) is 0 Å². The van der Waals surface area contributed by atoms with Crippen molar-refractivity contribution in [2.75, 3.05) is 26.4 Å². The summed E-state index contributed by atoms with van der Waals surface area (Å²) >= 11 is 0. The Kier molecular flexibility index (Phi) is 10.2. The van der Waals surface area contributed by atoms with E-state index >= 15 is 0 Å². The van der Waals surface area contributed by atoms with Crippen LogP contribution in [0.4, 0.5) is 0 Å². The molecule has 0 radical (unpaired) electrons. The summed E-state index contributed by atoms with van der Waals surface area (Å²) in [7, 11) is 0. The average molecular weight is 709 g/mol. The zero-order chi connectivity index (χ0) is 36.9. The van der Waals surface area contributed by atoms with Crippen molar-refractivity contribution in [3.63, 3.8) is 0 Å². The number of fused-ring (bicyclic) bond motifs is 4. The summed E-state index contributed by atoms with van der Waals surface area (Å²) in [4.78, 5) is 29.1. The molecule has 11 heteroatoms. The fourth-order valence-electron chi connectivity index (χ4n) is 11.3. The third-order valence-electron chi connectivity index (χ3n) is 14.4. The molecule has 4 aliphatic carbocycles. The number of cyclic esters (lactones) is 2. The smallest absolute Gasteiger partial charge is 0.336 e. The van der Waals surface area contributed by atoms with E-state index in [0.717, 1.165) is 56.9 Å². The van der Waals surface area contributed by atoms with E-state index in [-0.39, 0.29) is 53.9 Å². The van der Waals surface area contributed by atoms with Gasteiger partial charge in [-0.1, -0.05) is 74.5 Å². The van der Waals surface area contributed by atoms with Crippen LogP contribution in [0.1, 0.15) is 91.9 Å².